The normalized spacial score (nSPS) is 14.5. The first kappa shape index (κ1) is 13.4. The Kier molecular flexibility index (Phi) is 7.06. The molecule has 0 aliphatic heterocycles. The van der Waals surface area contributed by atoms with Gasteiger partial charge in [-0.3, -0.25) is 0 Å². The molecular formula is C11H23BrO. The molecule has 0 aromatic rings. The van der Waals surface area contributed by atoms with E-state index in [1.807, 2.05) is 0 Å². The highest BCUT2D eigenvalue weighted by Gasteiger charge is 2.25. The molecule has 0 radical (unpaired) electrons. The summed E-state index contributed by atoms with van der Waals surface area (Å²) in [6, 6.07) is 0. The number of hydrogen-bond acceptors (Lipinski definition) is 1. The van der Waals surface area contributed by atoms with Crippen LogP contribution in [-0.2, 0) is 4.74 Å². The second-order valence-corrected chi connectivity index (χ2v) is 4.43. The van der Waals surface area contributed by atoms with Gasteiger partial charge in [0, 0.05) is 10.7 Å². The number of rotatable bonds is 7. The highest BCUT2D eigenvalue weighted by Crippen LogP contribution is 2.29. The van der Waals surface area contributed by atoms with Crippen molar-refractivity contribution in [3.05, 3.63) is 0 Å². The van der Waals surface area contributed by atoms with Crippen molar-refractivity contribution in [2.75, 3.05) is 11.9 Å². The van der Waals surface area contributed by atoms with E-state index in [0.29, 0.717) is 11.5 Å². The SMILES string of the molecule is CCC(C)OCC(CC)(CC)CBr. The highest BCUT2D eigenvalue weighted by atomic mass is 79.9. The summed E-state index contributed by atoms with van der Waals surface area (Å²) in [5, 5.41) is 1.05. The summed E-state index contributed by atoms with van der Waals surface area (Å²) in [5.74, 6) is 0. The van der Waals surface area contributed by atoms with Crippen LogP contribution in [0.1, 0.15) is 47.0 Å². The predicted octanol–water partition coefficient (Wildman–Crippen LogP) is 4.00. The van der Waals surface area contributed by atoms with Gasteiger partial charge in [-0.05, 0) is 26.2 Å². The molecule has 80 valence electrons. The fourth-order valence-electron chi connectivity index (χ4n) is 1.12. The van der Waals surface area contributed by atoms with Crippen LogP contribution >= 0.6 is 15.9 Å². The Morgan fingerprint density at radius 2 is 1.77 bits per heavy atom. The van der Waals surface area contributed by atoms with E-state index in [1.54, 1.807) is 0 Å². The van der Waals surface area contributed by atoms with Gasteiger partial charge in [0.2, 0.25) is 0 Å². The smallest absolute Gasteiger partial charge is 0.0544 e. The maximum atomic E-state index is 5.80. The standard InChI is InChI=1S/C11H23BrO/c1-5-10(4)13-9-11(6-2,7-3)8-12/h10H,5-9H2,1-4H3. The summed E-state index contributed by atoms with van der Waals surface area (Å²) in [5.41, 5.74) is 0.351. The van der Waals surface area contributed by atoms with Gasteiger partial charge < -0.3 is 4.74 Å². The maximum absolute atomic E-state index is 5.80. The lowest BCUT2D eigenvalue weighted by Gasteiger charge is -2.30. The molecule has 1 nitrogen and oxygen atoms in total. The first-order chi connectivity index (χ1) is 6.14. The summed E-state index contributed by atoms with van der Waals surface area (Å²) in [4.78, 5) is 0. The molecule has 0 fully saturated rings. The van der Waals surface area contributed by atoms with Crippen LogP contribution < -0.4 is 0 Å². The Hall–Kier alpha value is 0.440. The molecule has 0 bridgehead atoms. The Morgan fingerprint density at radius 3 is 2.08 bits per heavy atom. The highest BCUT2D eigenvalue weighted by molar-refractivity contribution is 9.09. The summed E-state index contributed by atoms with van der Waals surface area (Å²) < 4.78 is 5.80. The second kappa shape index (κ2) is 6.83. The fraction of sp³-hybridized carbons (Fsp3) is 1.00. The van der Waals surface area contributed by atoms with Gasteiger partial charge in [0.25, 0.3) is 0 Å². The van der Waals surface area contributed by atoms with Gasteiger partial charge in [-0.2, -0.15) is 0 Å². The molecule has 0 N–H and O–H groups in total. The Labute approximate surface area is 91.4 Å². The Bertz CT molecular complexity index is 113. The quantitative estimate of drug-likeness (QED) is 0.621. The molecule has 0 aromatic heterocycles. The van der Waals surface area contributed by atoms with Crippen LogP contribution in [0.15, 0.2) is 0 Å². The van der Waals surface area contributed by atoms with E-state index in [2.05, 4.69) is 43.6 Å². The van der Waals surface area contributed by atoms with Crippen LogP contribution in [0, 0.1) is 5.41 Å². The van der Waals surface area contributed by atoms with Crippen LogP contribution in [0.5, 0.6) is 0 Å². The van der Waals surface area contributed by atoms with Crippen LogP contribution in [0.25, 0.3) is 0 Å². The van der Waals surface area contributed by atoms with Crippen molar-refractivity contribution >= 4 is 15.9 Å². The van der Waals surface area contributed by atoms with Gasteiger partial charge in [-0.1, -0.05) is 36.7 Å². The summed E-state index contributed by atoms with van der Waals surface area (Å²) >= 11 is 3.59. The van der Waals surface area contributed by atoms with Gasteiger partial charge in [-0.15, -0.1) is 0 Å². The molecule has 0 rings (SSSR count). The second-order valence-electron chi connectivity index (χ2n) is 3.87. The molecule has 1 unspecified atom stereocenters. The van der Waals surface area contributed by atoms with E-state index in [9.17, 15) is 0 Å². The minimum atomic E-state index is 0.351. The summed E-state index contributed by atoms with van der Waals surface area (Å²) in [6.45, 7) is 9.68. The zero-order chi connectivity index (χ0) is 10.3. The fourth-order valence-corrected chi connectivity index (χ4v) is 2.07. The Balaban J connectivity index is 3.95. The molecule has 0 aromatic carbocycles. The van der Waals surface area contributed by atoms with E-state index < -0.39 is 0 Å². The van der Waals surface area contributed by atoms with Crippen LogP contribution in [-0.4, -0.2) is 18.0 Å². The third kappa shape index (κ3) is 4.46. The molecule has 0 heterocycles. The van der Waals surface area contributed by atoms with Crippen molar-refractivity contribution in [1.29, 1.82) is 0 Å². The first-order valence-corrected chi connectivity index (χ1v) is 6.43. The van der Waals surface area contributed by atoms with Crippen molar-refractivity contribution in [2.45, 2.75) is 53.1 Å². The topological polar surface area (TPSA) is 9.23 Å². The zero-order valence-electron chi connectivity index (χ0n) is 9.40. The lowest BCUT2D eigenvalue weighted by atomic mass is 9.86. The van der Waals surface area contributed by atoms with Crippen molar-refractivity contribution in [3.63, 3.8) is 0 Å². The molecule has 1 atom stereocenters. The van der Waals surface area contributed by atoms with Gasteiger partial charge in [0.1, 0.15) is 0 Å². The predicted molar refractivity (Wildman–Crippen MR) is 62.5 cm³/mol. The zero-order valence-corrected chi connectivity index (χ0v) is 11.0. The van der Waals surface area contributed by atoms with E-state index in [0.717, 1.165) is 18.4 Å². The number of alkyl halides is 1. The average molecular weight is 251 g/mol. The summed E-state index contributed by atoms with van der Waals surface area (Å²) in [7, 11) is 0. The molecule has 2 heteroatoms. The minimum absolute atomic E-state index is 0.351. The first-order valence-electron chi connectivity index (χ1n) is 5.31. The van der Waals surface area contributed by atoms with Gasteiger partial charge >= 0.3 is 0 Å². The van der Waals surface area contributed by atoms with Crippen molar-refractivity contribution in [1.82, 2.24) is 0 Å². The van der Waals surface area contributed by atoms with Gasteiger partial charge in [0.15, 0.2) is 0 Å². The molecule has 0 saturated carbocycles. The third-order valence-electron chi connectivity index (χ3n) is 3.03. The molecule has 0 aliphatic carbocycles. The van der Waals surface area contributed by atoms with Crippen molar-refractivity contribution in [3.8, 4) is 0 Å². The van der Waals surface area contributed by atoms with Gasteiger partial charge in [-0.25, -0.2) is 0 Å². The largest absolute Gasteiger partial charge is 0.378 e. The van der Waals surface area contributed by atoms with Gasteiger partial charge in [0.05, 0.1) is 12.7 Å². The van der Waals surface area contributed by atoms with E-state index in [-0.39, 0.29) is 0 Å². The number of halogens is 1. The third-order valence-corrected chi connectivity index (χ3v) is 4.22. The molecule has 0 saturated heterocycles. The monoisotopic (exact) mass is 250 g/mol. The average Bonchev–Trinajstić information content (AvgIpc) is 2.20. The molecule has 13 heavy (non-hydrogen) atoms. The van der Waals surface area contributed by atoms with E-state index >= 15 is 0 Å². The van der Waals surface area contributed by atoms with E-state index in [1.165, 1.54) is 12.8 Å². The minimum Gasteiger partial charge on any atom is -0.378 e. The molecule has 0 amide bonds. The van der Waals surface area contributed by atoms with Crippen LogP contribution in [0.2, 0.25) is 0 Å². The lowest BCUT2D eigenvalue weighted by molar-refractivity contribution is 0.00320. The van der Waals surface area contributed by atoms with E-state index in [4.69, 9.17) is 4.74 Å². The number of hydrogen-bond donors (Lipinski definition) is 0. The Morgan fingerprint density at radius 1 is 1.23 bits per heavy atom. The number of ether oxygens (including phenoxy) is 1. The van der Waals surface area contributed by atoms with Crippen molar-refractivity contribution < 1.29 is 4.74 Å². The lowest BCUT2D eigenvalue weighted by Crippen LogP contribution is -2.29. The van der Waals surface area contributed by atoms with Crippen LogP contribution in [0.3, 0.4) is 0 Å². The summed E-state index contributed by atoms with van der Waals surface area (Å²) in [6.07, 6.45) is 3.87. The van der Waals surface area contributed by atoms with Crippen molar-refractivity contribution in [2.24, 2.45) is 5.41 Å². The molecule has 0 aliphatic rings. The van der Waals surface area contributed by atoms with Crippen LogP contribution in [0.4, 0.5) is 0 Å². The maximum Gasteiger partial charge on any atom is 0.0544 e. The molecular weight excluding hydrogens is 228 g/mol. The molecule has 0 spiro atoms.